The van der Waals surface area contributed by atoms with Crippen LogP contribution in [0, 0.1) is 5.92 Å². The summed E-state index contributed by atoms with van der Waals surface area (Å²) in [4.78, 5) is 25.1. The maximum Gasteiger partial charge on any atom is 0.311 e. The first-order chi connectivity index (χ1) is 13.4. The van der Waals surface area contributed by atoms with Crippen molar-refractivity contribution in [3.8, 4) is 28.4 Å². The molecule has 0 fully saturated rings. The molecule has 144 valence electrons. The largest absolute Gasteiger partial charge is 0.507 e. The summed E-state index contributed by atoms with van der Waals surface area (Å²) in [7, 11) is 1.57. The van der Waals surface area contributed by atoms with E-state index in [2.05, 4.69) is 0 Å². The molecule has 2 aromatic carbocycles. The molecular formula is C22H20O6. The highest BCUT2D eigenvalue weighted by molar-refractivity contribution is 5.93. The minimum absolute atomic E-state index is 0.0932. The molecule has 1 N–H and O–H groups in total. The van der Waals surface area contributed by atoms with Gasteiger partial charge in [0.1, 0.15) is 34.5 Å². The SMILES string of the molecule is COc1ccc(-c2coc3c4c(cc(O)c3c2=O)OC(=O)C[C@@H]4C(C)C)cc1. The van der Waals surface area contributed by atoms with Gasteiger partial charge in [-0.25, -0.2) is 0 Å². The number of ether oxygens (including phenoxy) is 2. The smallest absolute Gasteiger partial charge is 0.311 e. The maximum absolute atomic E-state index is 13.2. The van der Waals surface area contributed by atoms with Crippen molar-refractivity contribution in [3.05, 3.63) is 52.4 Å². The van der Waals surface area contributed by atoms with Crippen molar-refractivity contribution in [3.63, 3.8) is 0 Å². The van der Waals surface area contributed by atoms with Crippen molar-refractivity contribution in [2.24, 2.45) is 5.92 Å². The Morgan fingerprint density at radius 1 is 1.18 bits per heavy atom. The molecule has 6 heteroatoms. The summed E-state index contributed by atoms with van der Waals surface area (Å²) in [6, 6.07) is 8.34. The molecule has 1 aliphatic heterocycles. The highest BCUT2D eigenvalue weighted by Gasteiger charge is 2.34. The van der Waals surface area contributed by atoms with Gasteiger partial charge >= 0.3 is 5.97 Å². The lowest BCUT2D eigenvalue weighted by Gasteiger charge is -2.28. The molecule has 0 saturated carbocycles. The number of methoxy groups -OCH3 is 1. The van der Waals surface area contributed by atoms with Gasteiger partial charge in [0.15, 0.2) is 0 Å². The van der Waals surface area contributed by atoms with Crippen LogP contribution in [0.5, 0.6) is 17.2 Å². The van der Waals surface area contributed by atoms with Crippen LogP contribution in [0.3, 0.4) is 0 Å². The topological polar surface area (TPSA) is 86.0 Å². The molecule has 0 spiro atoms. The van der Waals surface area contributed by atoms with Crippen molar-refractivity contribution < 1.29 is 23.8 Å². The molecule has 0 unspecified atom stereocenters. The van der Waals surface area contributed by atoms with Crippen LogP contribution < -0.4 is 14.9 Å². The van der Waals surface area contributed by atoms with Gasteiger partial charge in [-0.2, -0.15) is 0 Å². The molecule has 1 aliphatic rings. The Morgan fingerprint density at radius 3 is 2.54 bits per heavy atom. The number of rotatable bonds is 3. The third-order valence-corrected chi connectivity index (χ3v) is 5.21. The molecule has 1 aromatic heterocycles. The van der Waals surface area contributed by atoms with Crippen LogP contribution in [0.15, 0.2) is 45.8 Å². The van der Waals surface area contributed by atoms with E-state index in [9.17, 15) is 14.7 Å². The van der Waals surface area contributed by atoms with Crippen molar-refractivity contribution in [2.45, 2.75) is 26.2 Å². The fraction of sp³-hybridized carbons (Fsp3) is 0.273. The van der Waals surface area contributed by atoms with Gasteiger partial charge in [0.25, 0.3) is 0 Å². The zero-order valence-corrected chi connectivity index (χ0v) is 15.8. The Morgan fingerprint density at radius 2 is 1.89 bits per heavy atom. The Labute approximate surface area is 161 Å². The zero-order chi connectivity index (χ0) is 20.0. The number of fused-ring (bicyclic) bond motifs is 3. The van der Waals surface area contributed by atoms with Gasteiger partial charge in [0.05, 0.1) is 19.1 Å². The molecule has 0 bridgehead atoms. The lowest BCUT2D eigenvalue weighted by Crippen LogP contribution is -2.24. The molecule has 0 radical (unpaired) electrons. The van der Waals surface area contributed by atoms with Crippen LogP contribution in [-0.4, -0.2) is 18.2 Å². The van der Waals surface area contributed by atoms with E-state index in [1.165, 1.54) is 12.3 Å². The van der Waals surface area contributed by atoms with E-state index in [-0.39, 0.29) is 52.1 Å². The summed E-state index contributed by atoms with van der Waals surface area (Å²) >= 11 is 0. The first kappa shape index (κ1) is 18.1. The number of aromatic hydroxyl groups is 1. The molecule has 0 saturated heterocycles. The van der Waals surface area contributed by atoms with Crippen LogP contribution in [0.25, 0.3) is 22.1 Å². The molecule has 4 rings (SSSR count). The summed E-state index contributed by atoms with van der Waals surface area (Å²) in [5.41, 5.74) is 1.56. The monoisotopic (exact) mass is 380 g/mol. The number of phenols is 1. The zero-order valence-electron chi connectivity index (χ0n) is 15.8. The van der Waals surface area contributed by atoms with Crippen LogP contribution in [-0.2, 0) is 4.79 Å². The van der Waals surface area contributed by atoms with Crippen LogP contribution in [0.1, 0.15) is 31.7 Å². The first-order valence-electron chi connectivity index (χ1n) is 9.07. The van der Waals surface area contributed by atoms with Crippen molar-refractivity contribution in [1.82, 2.24) is 0 Å². The van der Waals surface area contributed by atoms with Crippen molar-refractivity contribution in [1.29, 1.82) is 0 Å². The number of phenolic OH excluding ortho intramolecular Hbond substituents is 1. The Hall–Kier alpha value is -3.28. The second-order valence-electron chi connectivity index (χ2n) is 7.25. The lowest BCUT2D eigenvalue weighted by atomic mass is 9.82. The molecular weight excluding hydrogens is 360 g/mol. The fourth-order valence-corrected chi connectivity index (χ4v) is 3.71. The van der Waals surface area contributed by atoms with E-state index >= 15 is 0 Å². The van der Waals surface area contributed by atoms with Crippen molar-refractivity contribution in [2.75, 3.05) is 7.11 Å². The van der Waals surface area contributed by atoms with E-state index in [0.717, 1.165) is 0 Å². The van der Waals surface area contributed by atoms with Gasteiger partial charge in [-0.1, -0.05) is 26.0 Å². The fourth-order valence-electron chi connectivity index (χ4n) is 3.71. The molecule has 28 heavy (non-hydrogen) atoms. The highest BCUT2D eigenvalue weighted by Crippen LogP contribution is 2.45. The van der Waals surface area contributed by atoms with E-state index in [1.54, 1.807) is 31.4 Å². The van der Waals surface area contributed by atoms with E-state index in [4.69, 9.17) is 13.9 Å². The summed E-state index contributed by atoms with van der Waals surface area (Å²) in [6.45, 7) is 3.99. The van der Waals surface area contributed by atoms with Gasteiger partial charge in [0.2, 0.25) is 5.43 Å². The van der Waals surface area contributed by atoms with E-state index in [0.29, 0.717) is 22.4 Å². The van der Waals surface area contributed by atoms with Crippen LogP contribution >= 0.6 is 0 Å². The summed E-state index contributed by atoms with van der Waals surface area (Å²) in [5, 5.41) is 10.6. The summed E-state index contributed by atoms with van der Waals surface area (Å²) in [6.07, 6.45) is 1.59. The van der Waals surface area contributed by atoms with E-state index in [1.807, 2.05) is 13.8 Å². The summed E-state index contributed by atoms with van der Waals surface area (Å²) < 4.78 is 16.3. The highest BCUT2D eigenvalue weighted by atomic mass is 16.5. The summed E-state index contributed by atoms with van der Waals surface area (Å²) in [5.74, 6) is 0.269. The number of benzene rings is 2. The Balaban J connectivity index is 1.97. The average molecular weight is 380 g/mol. The number of hydrogen-bond donors (Lipinski definition) is 1. The Kier molecular flexibility index (Phi) is 4.34. The maximum atomic E-state index is 13.2. The number of hydrogen-bond acceptors (Lipinski definition) is 6. The van der Waals surface area contributed by atoms with Crippen LogP contribution in [0.2, 0.25) is 0 Å². The minimum atomic E-state index is -0.359. The van der Waals surface area contributed by atoms with Gasteiger partial charge in [-0.3, -0.25) is 9.59 Å². The molecule has 3 aromatic rings. The molecule has 0 amide bonds. The predicted octanol–water partition coefficient (Wildman–Crippen LogP) is 4.22. The predicted molar refractivity (Wildman–Crippen MR) is 104 cm³/mol. The first-order valence-corrected chi connectivity index (χ1v) is 9.07. The number of carbonyl (C=O) groups excluding carboxylic acids is 1. The van der Waals surface area contributed by atoms with Gasteiger partial charge in [-0.15, -0.1) is 0 Å². The quantitative estimate of drug-likeness (QED) is 0.541. The minimum Gasteiger partial charge on any atom is -0.507 e. The van der Waals surface area contributed by atoms with E-state index < -0.39 is 0 Å². The normalized spacial score (nSPS) is 16.1. The average Bonchev–Trinajstić information content (AvgIpc) is 2.67. The molecule has 1 atom stereocenters. The lowest BCUT2D eigenvalue weighted by molar-refractivity contribution is -0.136. The standard InChI is InChI=1S/C22H20O6/c1-11(2)14-8-18(24)28-17-9-16(23)20-21(25)15(10-27-22(20)19(14)17)12-4-6-13(26-3)7-5-12/h4-7,9-11,14,23H,8H2,1-3H3/t14-/m1/s1. The number of esters is 1. The van der Waals surface area contributed by atoms with Crippen molar-refractivity contribution >= 4 is 16.9 Å². The third-order valence-electron chi connectivity index (χ3n) is 5.21. The molecule has 0 aliphatic carbocycles. The van der Waals surface area contributed by atoms with Gasteiger partial charge < -0.3 is 19.0 Å². The molecule has 6 nitrogen and oxygen atoms in total. The van der Waals surface area contributed by atoms with Gasteiger partial charge in [0, 0.05) is 17.5 Å². The molecule has 2 heterocycles. The second kappa shape index (κ2) is 6.71. The van der Waals surface area contributed by atoms with Gasteiger partial charge in [-0.05, 0) is 23.6 Å². The Bertz CT molecular complexity index is 1120. The third kappa shape index (κ3) is 2.81. The second-order valence-corrected chi connectivity index (χ2v) is 7.25. The number of carbonyl (C=O) groups is 1. The van der Waals surface area contributed by atoms with Crippen LogP contribution in [0.4, 0.5) is 0 Å².